The van der Waals surface area contributed by atoms with E-state index in [4.69, 9.17) is 21.4 Å². The van der Waals surface area contributed by atoms with Crippen LogP contribution in [0.4, 0.5) is 23.2 Å². The van der Waals surface area contributed by atoms with E-state index in [1.807, 2.05) is 0 Å². The number of aromatic nitrogens is 2. The number of aryl methyl sites for hydroxylation is 1. The molecule has 2 aromatic rings. The lowest BCUT2D eigenvalue weighted by atomic mass is 10.1. The summed E-state index contributed by atoms with van der Waals surface area (Å²) >= 11 is 5.66. The number of nitro groups is 1. The molecule has 0 radical (unpaired) electrons. The van der Waals surface area contributed by atoms with E-state index in [1.54, 1.807) is 0 Å². The molecule has 0 spiro atoms. The molecule has 8 nitrogen and oxygen atoms in total. The Hall–Kier alpha value is -2.89. The Kier molecular flexibility index (Phi) is 5.07. The topological polar surface area (TPSA) is 107 Å². The molecule has 0 unspecified atom stereocenters. The number of rotatable bonds is 5. The molecule has 0 aliphatic carbocycles. The summed E-state index contributed by atoms with van der Waals surface area (Å²) in [4.78, 5) is 20.5. The van der Waals surface area contributed by atoms with E-state index in [0.717, 1.165) is 7.05 Å². The highest BCUT2D eigenvalue weighted by Crippen LogP contribution is 2.42. The van der Waals surface area contributed by atoms with Crippen molar-refractivity contribution in [1.29, 1.82) is 0 Å². The highest BCUT2D eigenvalue weighted by molar-refractivity contribution is 6.33. The monoisotopic (exact) mass is 397 g/mol. The third-order valence-electron chi connectivity index (χ3n) is 3.11. The molecule has 1 aromatic heterocycles. The van der Waals surface area contributed by atoms with Gasteiger partial charge in [-0.15, -0.1) is 0 Å². The summed E-state index contributed by atoms with van der Waals surface area (Å²) in [5.74, 6) is -3.42. The minimum atomic E-state index is -4.88. The van der Waals surface area contributed by atoms with Crippen molar-refractivity contribution in [3.05, 3.63) is 38.8 Å². The highest BCUT2D eigenvalue weighted by atomic mass is 35.5. The molecule has 0 aliphatic heterocycles. The van der Waals surface area contributed by atoms with Gasteiger partial charge in [-0.05, 0) is 6.07 Å². The number of nitro benzene ring substituents is 1. The van der Waals surface area contributed by atoms with Crippen LogP contribution in [0.25, 0.3) is 11.3 Å². The number of benzene rings is 1. The molecule has 140 valence electrons. The lowest BCUT2D eigenvalue weighted by Crippen LogP contribution is -2.12. The summed E-state index contributed by atoms with van der Waals surface area (Å²) in [6, 6.07) is 1.05. The standard InChI is InChI=1S/C13H8ClF4N3O5/c1-20-12(13(16,17)18)10(14)11(19-20)5-2-8(26-4-9(22)23)7(21(24)25)3-6(5)15/h2-3H,4H2,1H3,(H,22,23). The normalized spacial score (nSPS) is 11.5. The van der Waals surface area contributed by atoms with Gasteiger partial charge < -0.3 is 9.84 Å². The van der Waals surface area contributed by atoms with Crippen LogP contribution in [0.5, 0.6) is 5.75 Å². The van der Waals surface area contributed by atoms with Gasteiger partial charge in [-0.1, -0.05) is 11.6 Å². The predicted octanol–water partition coefficient (Wildman–Crippen LogP) is 3.27. The van der Waals surface area contributed by atoms with Gasteiger partial charge in [0, 0.05) is 12.6 Å². The van der Waals surface area contributed by atoms with E-state index in [1.165, 1.54) is 0 Å². The van der Waals surface area contributed by atoms with E-state index in [0.29, 0.717) is 16.8 Å². The second kappa shape index (κ2) is 6.78. The Morgan fingerprint density at radius 3 is 2.54 bits per heavy atom. The highest BCUT2D eigenvalue weighted by Gasteiger charge is 2.39. The summed E-state index contributed by atoms with van der Waals surface area (Å²) in [6.45, 7) is -0.990. The maximum Gasteiger partial charge on any atom is 0.434 e. The second-order valence-corrected chi connectivity index (χ2v) is 5.25. The first kappa shape index (κ1) is 19.4. The van der Waals surface area contributed by atoms with Gasteiger partial charge in [-0.2, -0.15) is 18.3 Å². The van der Waals surface area contributed by atoms with Crippen LogP contribution >= 0.6 is 11.6 Å². The van der Waals surface area contributed by atoms with Gasteiger partial charge in [0.25, 0.3) is 0 Å². The van der Waals surface area contributed by atoms with E-state index in [9.17, 15) is 32.5 Å². The maximum absolute atomic E-state index is 14.2. The molecule has 0 fully saturated rings. The van der Waals surface area contributed by atoms with Gasteiger partial charge in [-0.25, -0.2) is 9.18 Å². The number of hydrogen-bond donors (Lipinski definition) is 1. The molecule has 2 rings (SSSR count). The maximum atomic E-state index is 14.2. The largest absolute Gasteiger partial charge is 0.479 e. The minimum absolute atomic E-state index is 0.380. The van der Waals surface area contributed by atoms with Gasteiger partial charge in [0.1, 0.15) is 11.5 Å². The van der Waals surface area contributed by atoms with Crippen LogP contribution in [0, 0.1) is 15.9 Å². The van der Waals surface area contributed by atoms with Crippen LogP contribution < -0.4 is 4.74 Å². The Morgan fingerprint density at radius 1 is 1.46 bits per heavy atom. The summed E-state index contributed by atoms with van der Waals surface area (Å²) in [5, 5.41) is 22.1. The fourth-order valence-electron chi connectivity index (χ4n) is 2.10. The number of carbonyl (C=O) groups is 1. The molecule has 0 saturated carbocycles. The quantitative estimate of drug-likeness (QED) is 0.471. The fourth-order valence-corrected chi connectivity index (χ4v) is 2.47. The summed E-state index contributed by atoms with van der Waals surface area (Å²) < 4.78 is 58.3. The number of halogens is 5. The number of aliphatic carboxylic acids is 1. The molecule has 1 N–H and O–H groups in total. The second-order valence-electron chi connectivity index (χ2n) is 4.87. The van der Waals surface area contributed by atoms with Gasteiger partial charge in [0.05, 0.1) is 16.0 Å². The molecule has 13 heteroatoms. The average molecular weight is 398 g/mol. The average Bonchev–Trinajstić information content (AvgIpc) is 2.79. The molecule has 0 amide bonds. The molecule has 0 saturated heterocycles. The number of alkyl halides is 3. The fraction of sp³-hybridized carbons (Fsp3) is 0.231. The Balaban J connectivity index is 2.66. The van der Waals surface area contributed by atoms with Crippen molar-refractivity contribution in [3.8, 4) is 17.0 Å². The molecule has 1 aromatic carbocycles. The molecule has 1 heterocycles. The Bertz CT molecular complexity index is 897. The van der Waals surface area contributed by atoms with E-state index in [2.05, 4.69) is 5.10 Å². The minimum Gasteiger partial charge on any atom is -0.479 e. The third-order valence-corrected chi connectivity index (χ3v) is 3.47. The number of ether oxygens (including phenoxy) is 1. The summed E-state index contributed by atoms with van der Waals surface area (Å²) in [7, 11) is 0.934. The smallest absolute Gasteiger partial charge is 0.434 e. The molecular formula is C13H8ClF4N3O5. The van der Waals surface area contributed by atoms with E-state index < -0.39 is 62.9 Å². The van der Waals surface area contributed by atoms with Gasteiger partial charge in [-0.3, -0.25) is 14.8 Å². The summed E-state index contributed by atoms with van der Waals surface area (Å²) in [6.07, 6.45) is -4.88. The number of carboxylic acids is 1. The lowest BCUT2D eigenvalue weighted by molar-refractivity contribution is -0.386. The number of nitrogens with zero attached hydrogens (tertiary/aromatic N) is 3. The van der Waals surface area contributed by atoms with Crippen molar-refractivity contribution in [2.24, 2.45) is 7.05 Å². The molecule has 0 aliphatic rings. The third kappa shape index (κ3) is 3.69. The van der Waals surface area contributed by atoms with E-state index >= 15 is 0 Å². The first-order valence-electron chi connectivity index (χ1n) is 6.56. The number of hydrogen-bond acceptors (Lipinski definition) is 5. The first-order valence-corrected chi connectivity index (χ1v) is 6.93. The van der Waals surface area contributed by atoms with Crippen LogP contribution in [0.15, 0.2) is 12.1 Å². The van der Waals surface area contributed by atoms with Gasteiger partial charge >= 0.3 is 17.8 Å². The molecule has 0 atom stereocenters. The Morgan fingerprint density at radius 2 is 2.08 bits per heavy atom. The van der Waals surface area contributed by atoms with Crippen molar-refractivity contribution in [1.82, 2.24) is 9.78 Å². The lowest BCUT2D eigenvalue weighted by Gasteiger charge is -2.08. The van der Waals surface area contributed by atoms with E-state index in [-0.39, 0.29) is 0 Å². The first-order chi connectivity index (χ1) is 11.9. The molecule has 0 bridgehead atoms. The summed E-state index contributed by atoms with van der Waals surface area (Å²) in [5.41, 5.74) is -3.50. The zero-order chi connectivity index (χ0) is 19.8. The van der Waals surface area contributed by atoms with Crippen LogP contribution in [0.1, 0.15) is 5.69 Å². The Labute approximate surface area is 146 Å². The van der Waals surface area contributed by atoms with Gasteiger partial charge in [0.2, 0.25) is 0 Å². The molecule has 26 heavy (non-hydrogen) atoms. The van der Waals surface area contributed by atoms with Gasteiger partial charge in [0.15, 0.2) is 18.1 Å². The van der Waals surface area contributed by atoms with Crippen LogP contribution in [0.3, 0.4) is 0 Å². The van der Waals surface area contributed by atoms with Crippen LogP contribution in [-0.4, -0.2) is 32.4 Å². The zero-order valence-electron chi connectivity index (χ0n) is 12.7. The predicted molar refractivity (Wildman–Crippen MR) is 78.4 cm³/mol. The van der Waals surface area contributed by atoms with Crippen molar-refractivity contribution < 1.29 is 37.1 Å². The molecular weight excluding hydrogens is 390 g/mol. The van der Waals surface area contributed by atoms with Crippen molar-refractivity contribution in [2.75, 3.05) is 6.61 Å². The van der Waals surface area contributed by atoms with Crippen molar-refractivity contribution in [3.63, 3.8) is 0 Å². The zero-order valence-corrected chi connectivity index (χ0v) is 13.4. The SMILES string of the molecule is Cn1nc(-c2cc(OCC(=O)O)c([N+](=O)[O-])cc2F)c(Cl)c1C(F)(F)F. The van der Waals surface area contributed by atoms with Crippen LogP contribution in [0.2, 0.25) is 5.02 Å². The van der Waals surface area contributed by atoms with Crippen molar-refractivity contribution in [2.45, 2.75) is 6.18 Å². The van der Waals surface area contributed by atoms with Crippen LogP contribution in [-0.2, 0) is 18.0 Å². The number of carboxylic acid groups (broad SMARTS) is 1. The van der Waals surface area contributed by atoms with Crippen molar-refractivity contribution >= 4 is 23.3 Å².